The van der Waals surface area contributed by atoms with Crippen LogP contribution in [0.3, 0.4) is 0 Å². The van der Waals surface area contributed by atoms with E-state index in [0.29, 0.717) is 17.1 Å². The Kier molecular flexibility index (Phi) is 4.03. The fraction of sp³-hybridized carbons (Fsp3) is 0.133. The van der Waals surface area contributed by atoms with Crippen molar-refractivity contribution < 1.29 is 14.3 Å². The molecule has 4 nitrogen and oxygen atoms in total. The predicted molar refractivity (Wildman–Crippen MR) is 72.0 cm³/mol. The molecule has 2 aromatic carbocycles. The molecule has 0 spiro atoms. The number of para-hydroxylation sites is 2. The molecule has 0 heterocycles. The molecule has 4 heteroatoms. The topological polar surface area (TPSA) is 61.6 Å². The summed E-state index contributed by atoms with van der Waals surface area (Å²) in [5, 5.41) is 0. The Morgan fingerprint density at radius 2 is 1.58 bits per heavy atom. The third-order valence-electron chi connectivity index (χ3n) is 2.67. The third kappa shape index (κ3) is 3.04. The van der Waals surface area contributed by atoms with E-state index in [-0.39, 0.29) is 0 Å². The molecule has 0 aliphatic heterocycles. The third-order valence-corrected chi connectivity index (χ3v) is 2.67. The summed E-state index contributed by atoms with van der Waals surface area (Å²) in [4.78, 5) is 11.6. The molecule has 1 unspecified atom stereocenters. The molecule has 98 valence electrons. The van der Waals surface area contributed by atoms with Crippen LogP contribution in [0.2, 0.25) is 0 Å². The zero-order valence-electron chi connectivity index (χ0n) is 10.6. The summed E-state index contributed by atoms with van der Waals surface area (Å²) in [5.74, 6) is 0.499. The Labute approximate surface area is 111 Å². The maximum absolute atomic E-state index is 11.6. The van der Waals surface area contributed by atoms with Crippen LogP contribution in [-0.2, 0) is 4.79 Å². The number of carbonyl (C=O) groups excluding carboxylic acids is 1. The van der Waals surface area contributed by atoms with Gasteiger partial charge in [-0.05, 0) is 12.1 Å². The number of amides is 1. The van der Waals surface area contributed by atoms with E-state index < -0.39 is 12.0 Å². The number of rotatable bonds is 5. The second-order valence-electron chi connectivity index (χ2n) is 3.96. The van der Waals surface area contributed by atoms with E-state index >= 15 is 0 Å². The summed E-state index contributed by atoms with van der Waals surface area (Å²) in [6.07, 6.45) is -0.836. The molecule has 0 aliphatic carbocycles. The van der Waals surface area contributed by atoms with Crippen molar-refractivity contribution in [2.45, 2.75) is 6.10 Å². The van der Waals surface area contributed by atoms with Crippen molar-refractivity contribution >= 4 is 5.91 Å². The minimum absolute atomic E-state index is 0.484. The van der Waals surface area contributed by atoms with Gasteiger partial charge >= 0.3 is 0 Å². The minimum Gasteiger partial charge on any atom is -0.493 e. The van der Waals surface area contributed by atoms with Crippen LogP contribution in [0.15, 0.2) is 54.6 Å². The lowest BCUT2D eigenvalue weighted by molar-refractivity contribution is -0.125. The maximum atomic E-state index is 11.6. The van der Waals surface area contributed by atoms with E-state index in [2.05, 4.69) is 0 Å². The average molecular weight is 257 g/mol. The van der Waals surface area contributed by atoms with Crippen LogP contribution in [0, 0.1) is 0 Å². The second kappa shape index (κ2) is 5.91. The van der Waals surface area contributed by atoms with Gasteiger partial charge in [-0.2, -0.15) is 0 Å². The lowest BCUT2D eigenvalue weighted by atomic mass is 10.1. The number of benzene rings is 2. The maximum Gasteiger partial charge on any atom is 0.263 e. The van der Waals surface area contributed by atoms with E-state index in [0.717, 1.165) is 0 Å². The van der Waals surface area contributed by atoms with Crippen LogP contribution in [-0.4, -0.2) is 13.0 Å². The number of nitrogens with two attached hydrogens (primary N) is 1. The summed E-state index contributed by atoms with van der Waals surface area (Å²) >= 11 is 0. The summed E-state index contributed by atoms with van der Waals surface area (Å²) in [6.45, 7) is 0. The average Bonchev–Trinajstić information content (AvgIpc) is 2.45. The number of ether oxygens (including phenoxy) is 2. The van der Waals surface area contributed by atoms with Crippen LogP contribution in [0.4, 0.5) is 0 Å². The van der Waals surface area contributed by atoms with E-state index in [1.54, 1.807) is 37.4 Å². The van der Waals surface area contributed by atoms with Crippen molar-refractivity contribution in [3.63, 3.8) is 0 Å². The van der Waals surface area contributed by atoms with Crippen molar-refractivity contribution in [2.24, 2.45) is 5.73 Å². The lowest BCUT2D eigenvalue weighted by Gasteiger charge is -2.18. The molecule has 0 fully saturated rings. The SMILES string of the molecule is COc1ccccc1OC(C(N)=O)c1ccccc1. The highest BCUT2D eigenvalue weighted by atomic mass is 16.5. The smallest absolute Gasteiger partial charge is 0.263 e. The van der Waals surface area contributed by atoms with Crippen molar-refractivity contribution in [3.05, 3.63) is 60.2 Å². The highest BCUT2D eigenvalue weighted by Crippen LogP contribution is 2.30. The van der Waals surface area contributed by atoms with Crippen LogP contribution < -0.4 is 15.2 Å². The normalized spacial score (nSPS) is 11.6. The van der Waals surface area contributed by atoms with Gasteiger partial charge in [-0.25, -0.2) is 0 Å². The van der Waals surface area contributed by atoms with Gasteiger partial charge in [0.25, 0.3) is 5.91 Å². The molecule has 2 aromatic rings. The summed E-state index contributed by atoms with van der Waals surface area (Å²) in [7, 11) is 1.55. The minimum atomic E-state index is -0.836. The molecule has 1 atom stereocenters. The molecule has 2 N–H and O–H groups in total. The zero-order valence-corrected chi connectivity index (χ0v) is 10.6. The van der Waals surface area contributed by atoms with Gasteiger partial charge in [-0.3, -0.25) is 4.79 Å². The number of hydrogen-bond donors (Lipinski definition) is 1. The molecule has 0 radical (unpaired) electrons. The van der Waals surface area contributed by atoms with Crippen molar-refractivity contribution in [2.75, 3.05) is 7.11 Å². The van der Waals surface area contributed by atoms with Gasteiger partial charge in [0.15, 0.2) is 11.5 Å². The van der Waals surface area contributed by atoms with Crippen LogP contribution >= 0.6 is 0 Å². The van der Waals surface area contributed by atoms with Crippen molar-refractivity contribution in [1.82, 2.24) is 0 Å². The Balaban J connectivity index is 2.30. The predicted octanol–water partition coefficient (Wildman–Crippen LogP) is 2.30. The molecule has 2 rings (SSSR count). The molecule has 0 saturated carbocycles. The second-order valence-corrected chi connectivity index (χ2v) is 3.96. The standard InChI is InChI=1S/C15H15NO3/c1-18-12-9-5-6-10-13(12)19-14(15(16)17)11-7-3-2-4-8-11/h2-10,14H,1H3,(H2,16,17). The Bertz CT molecular complexity index is 554. The number of primary amides is 1. The fourth-order valence-electron chi connectivity index (χ4n) is 1.76. The van der Waals surface area contributed by atoms with E-state index in [4.69, 9.17) is 15.2 Å². The summed E-state index contributed by atoms with van der Waals surface area (Å²) in [6, 6.07) is 16.2. The number of methoxy groups -OCH3 is 1. The Hall–Kier alpha value is -2.49. The molecule has 0 saturated heterocycles. The summed E-state index contributed by atoms with van der Waals surface area (Å²) in [5.41, 5.74) is 6.11. The zero-order chi connectivity index (χ0) is 13.7. The van der Waals surface area contributed by atoms with Gasteiger partial charge in [0, 0.05) is 5.56 Å². The Morgan fingerprint density at radius 3 is 2.16 bits per heavy atom. The molecule has 19 heavy (non-hydrogen) atoms. The van der Waals surface area contributed by atoms with Gasteiger partial charge in [-0.1, -0.05) is 42.5 Å². The highest BCUT2D eigenvalue weighted by molar-refractivity contribution is 5.80. The quantitative estimate of drug-likeness (QED) is 0.894. The molecule has 0 aromatic heterocycles. The van der Waals surface area contributed by atoms with Gasteiger partial charge in [0.2, 0.25) is 6.10 Å². The first-order valence-electron chi connectivity index (χ1n) is 5.86. The molecular formula is C15H15NO3. The number of hydrogen-bond acceptors (Lipinski definition) is 3. The van der Waals surface area contributed by atoms with E-state index in [9.17, 15) is 4.79 Å². The number of carbonyl (C=O) groups is 1. The van der Waals surface area contributed by atoms with Crippen LogP contribution in [0.5, 0.6) is 11.5 Å². The van der Waals surface area contributed by atoms with E-state index in [1.807, 2.05) is 24.3 Å². The van der Waals surface area contributed by atoms with Gasteiger partial charge in [0.1, 0.15) is 0 Å². The van der Waals surface area contributed by atoms with Gasteiger partial charge in [0.05, 0.1) is 7.11 Å². The first-order chi connectivity index (χ1) is 9.22. The summed E-state index contributed by atoms with van der Waals surface area (Å²) < 4.78 is 10.9. The van der Waals surface area contributed by atoms with Gasteiger partial charge in [-0.15, -0.1) is 0 Å². The van der Waals surface area contributed by atoms with Crippen molar-refractivity contribution in [3.8, 4) is 11.5 Å². The largest absolute Gasteiger partial charge is 0.493 e. The lowest BCUT2D eigenvalue weighted by Crippen LogP contribution is -2.26. The molecule has 0 aliphatic rings. The Morgan fingerprint density at radius 1 is 1.00 bits per heavy atom. The molecular weight excluding hydrogens is 242 g/mol. The first kappa shape index (κ1) is 13.0. The van der Waals surface area contributed by atoms with Crippen molar-refractivity contribution in [1.29, 1.82) is 0 Å². The fourth-order valence-corrected chi connectivity index (χ4v) is 1.76. The van der Waals surface area contributed by atoms with E-state index in [1.165, 1.54) is 0 Å². The highest BCUT2D eigenvalue weighted by Gasteiger charge is 2.20. The monoisotopic (exact) mass is 257 g/mol. The van der Waals surface area contributed by atoms with Gasteiger partial charge < -0.3 is 15.2 Å². The van der Waals surface area contributed by atoms with Crippen LogP contribution in [0.1, 0.15) is 11.7 Å². The van der Waals surface area contributed by atoms with Crippen LogP contribution in [0.25, 0.3) is 0 Å². The molecule has 0 bridgehead atoms. The first-order valence-corrected chi connectivity index (χ1v) is 5.86. The molecule has 1 amide bonds.